The standard InChI is InChI=1S/C26H28F3N3O5/c1-15(33)16-5-8-22(21(12-16)26(27,28)29)37-20-7-6-18(30-14-20)13-31-24(36)25(9-10-25)32-23(35)17-3-2-4-19(34)11-17/h5-8,12,14-15,17,33H,2-4,9-11,13H2,1H3,(H,31,36)(H,32,35). The van der Waals surface area contributed by atoms with Crippen molar-refractivity contribution in [2.24, 2.45) is 5.92 Å². The Morgan fingerprint density at radius 3 is 2.59 bits per heavy atom. The molecule has 0 spiro atoms. The topological polar surface area (TPSA) is 118 Å². The Bertz CT molecular complexity index is 1180. The lowest BCUT2D eigenvalue weighted by Gasteiger charge is -2.24. The van der Waals surface area contributed by atoms with E-state index in [0.717, 1.165) is 12.1 Å². The minimum absolute atomic E-state index is 0.0511. The number of hydrogen-bond acceptors (Lipinski definition) is 6. The van der Waals surface area contributed by atoms with Crippen molar-refractivity contribution in [3.63, 3.8) is 0 Å². The highest BCUT2D eigenvalue weighted by Crippen LogP contribution is 2.40. The first-order chi connectivity index (χ1) is 17.5. The van der Waals surface area contributed by atoms with E-state index in [-0.39, 0.29) is 41.9 Å². The molecule has 2 fully saturated rings. The Balaban J connectivity index is 1.34. The van der Waals surface area contributed by atoms with Gasteiger partial charge in [-0.2, -0.15) is 13.2 Å². The van der Waals surface area contributed by atoms with Crippen LogP contribution in [0.1, 0.15) is 68.4 Å². The minimum Gasteiger partial charge on any atom is -0.455 e. The summed E-state index contributed by atoms with van der Waals surface area (Å²) in [7, 11) is 0. The number of rotatable bonds is 8. The lowest BCUT2D eigenvalue weighted by molar-refractivity contribution is -0.138. The Labute approximate surface area is 211 Å². The second-order valence-electron chi connectivity index (χ2n) is 9.60. The van der Waals surface area contributed by atoms with Crippen LogP contribution in [-0.2, 0) is 27.1 Å². The van der Waals surface area contributed by atoms with E-state index < -0.39 is 35.1 Å². The molecule has 2 saturated carbocycles. The van der Waals surface area contributed by atoms with Crippen LogP contribution in [0.2, 0.25) is 0 Å². The Kier molecular flexibility index (Phi) is 7.54. The molecule has 11 heteroatoms. The summed E-state index contributed by atoms with van der Waals surface area (Å²) in [4.78, 5) is 41.1. The van der Waals surface area contributed by atoms with E-state index in [1.54, 1.807) is 0 Å². The average Bonchev–Trinajstić information content (AvgIpc) is 3.63. The molecular weight excluding hydrogens is 491 g/mol. The molecule has 1 aromatic heterocycles. The number of nitrogens with zero attached hydrogens (tertiary/aromatic N) is 1. The number of carbonyl (C=O) groups is 3. The first-order valence-corrected chi connectivity index (χ1v) is 12.1. The van der Waals surface area contributed by atoms with Gasteiger partial charge in [-0.3, -0.25) is 19.4 Å². The zero-order valence-corrected chi connectivity index (χ0v) is 20.2. The van der Waals surface area contributed by atoms with Gasteiger partial charge in [0.1, 0.15) is 22.8 Å². The molecule has 2 aromatic rings. The number of ketones is 1. The molecule has 0 bridgehead atoms. The van der Waals surface area contributed by atoms with Crippen molar-refractivity contribution in [3.05, 3.63) is 53.3 Å². The number of ether oxygens (including phenoxy) is 1. The number of Topliss-reactive ketones (excluding diaryl/α,β-unsaturated/α-hetero) is 1. The second-order valence-corrected chi connectivity index (χ2v) is 9.60. The fourth-order valence-electron chi connectivity index (χ4n) is 4.28. The van der Waals surface area contributed by atoms with Crippen LogP contribution in [0.15, 0.2) is 36.5 Å². The van der Waals surface area contributed by atoms with Crippen LogP contribution in [-0.4, -0.2) is 33.2 Å². The molecule has 0 saturated heterocycles. The normalized spacial score (nSPS) is 19.6. The molecule has 2 amide bonds. The molecule has 1 heterocycles. The summed E-state index contributed by atoms with van der Waals surface area (Å²) in [6.45, 7) is 1.42. The van der Waals surface area contributed by atoms with Gasteiger partial charge in [-0.25, -0.2) is 0 Å². The van der Waals surface area contributed by atoms with Crippen molar-refractivity contribution < 1.29 is 37.4 Å². The van der Waals surface area contributed by atoms with Gasteiger partial charge in [-0.05, 0) is 62.4 Å². The van der Waals surface area contributed by atoms with Crippen molar-refractivity contribution in [3.8, 4) is 11.5 Å². The van der Waals surface area contributed by atoms with Gasteiger partial charge >= 0.3 is 6.18 Å². The largest absolute Gasteiger partial charge is 0.455 e. The Morgan fingerprint density at radius 2 is 2.00 bits per heavy atom. The molecule has 37 heavy (non-hydrogen) atoms. The monoisotopic (exact) mass is 519 g/mol. The molecule has 0 aliphatic heterocycles. The van der Waals surface area contributed by atoms with E-state index in [0.29, 0.717) is 37.8 Å². The lowest BCUT2D eigenvalue weighted by atomic mass is 9.87. The van der Waals surface area contributed by atoms with E-state index in [2.05, 4.69) is 15.6 Å². The molecule has 1 aromatic carbocycles. The van der Waals surface area contributed by atoms with Crippen LogP contribution in [0, 0.1) is 5.92 Å². The van der Waals surface area contributed by atoms with Gasteiger partial charge in [-0.15, -0.1) is 0 Å². The number of carbonyl (C=O) groups excluding carboxylic acids is 3. The third-order valence-electron chi connectivity index (χ3n) is 6.65. The summed E-state index contributed by atoms with van der Waals surface area (Å²) >= 11 is 0. The highest BCUT2D eigenvalue weighted by molar-refractivity contribution is 5.96. The number of amides is 2. The Morgan fingerprint density at radius 1 is 1.24 bits per heavy atom. The van der Waals surface area contributed by atoms with Crippen molar-refractivity contribution in [1.29, 1.82) is 0 Å². The highest BCUT2D eigenvalue weighted by Gasteiger charge is 2.51. The molecular formula is C26H28F3N3O5. The van der Waals surface area contributed by atoms with E-state index in [1.165, 1.54) is 31.3 Å². The zero-order chi connectivity index (χ0) is 26.8. The van der Waals surface area contributed by atoms with Crippen LogP contribution >= 0.6 is 0 Å². The highest BCUT2D eigenvalue weighted by atomic mass is 19.4. The number of pyridine rings is 1. The van der Waals surface area contributed by atoms with E-state index in [4.69, 9.17) is 4.74 Å². The fraction of sp³-hybridized carbons (Fsp3) is 0.462. The minimum atomic E-state index is -4.68. The number of hydrogen-bond donors (Lipinski definition) is 3. The van der Waals surface area contributed by atoms with E-state index in [9.17, 15) is 32.7 Å². The van der Waals surface area contributed by atoms with Gasteiger partial charge in [0.25, 0.3) is 0 Å². The van der Waals surface area contributed by atoms with E-state index in [1.807, 2.05) is 0 Å². The molecule has 2 atom stereocenters. The average molecular weight is 520 g/mol. The van der Waals surface area contributed by atoms with Crippen LogP contribution in [0.25, 0.3) is 0 Å². The smallest absolute Gasteiger partial charge is 0.419 e. The summed E-state index contributed by atoms with van der Waals surface area (Å²) in [5, 5.41) is 15.1. The zero-order valence-electron chi connectivity index (χ0n) is 20.2. The lowest BCUT2D eigenvalue weighted by Crippen LogP contribution is -2.51. The Hall–Kier alpha value is -3.47. The molecule has 2 aliphatic carbocycles. The van der Waals surface area contributed by atoms with Crippen molar-refractivity contribution in [2.75, 3.05) is 0 Å². The van der Waals surface area contributed by atoms with Crippen LogP contribution in [0.3, 0.4) is 0 Å². The molecule has 2 unspecified atom stereocenters. The number of aliphatic hydroxyl groups excluding tert-OH is 1. The number of nitrogens with one attached hydrogen (secondary N) is 2. The molecule has 198 valence electrons. The predicted molar refractivity (Wildman–Crippen MR) is 125 cm³/mol. The van der Waals surface area contributed by atoms with Crippen molar-refractivity contribution in [2.45, 2.75) is 69.8 Å². The quantitative estimate of drug-likeness (QED) is 0.486. The summed E-state index contributed by atoms with van der Waals surface area (Å²) < 4.78 is 45.8. The predicted octanol–water partition coefficient (Wildman–Crippen LogP) is 3.97. The van der Waals surface area contributed by atoms with Crippen LogP contribution in [0.4, 0.5) is 13.2 Å². The van der Waals surface area contributed by atoms with Gasteiger partial charge in [0.2, 0.25) is 11.8 Å². The molecule has 3 N–H and O–H groups in total. The summed E-state index contributed by atoms with van der Waals surface area (Å²) in [5.41, 5.74) is -1.44. The van der Waals surface area contributed by atoms with E-state index >= 15 is 0 Å². The van der Waals surface area contributed by atoms with Crippen LogP contribution < -0.4 is 15.4 Å². The number of aliphatic hydroxyl groups is 1. The van der Waals surface area contributed by atoms with Crippen LogP contribution in [0.5, 0.6) is 11.5 Å². The van der Waals surface area contributed by atoms with Gasteiger partial charge in [0, 0.05) is 18.8 Å². The maximum Gasteiger partial charge on any atom is 0.419 e. The second kappa shape index (κ2) is 10.5. The molecule has 4 rings (SSSR count). The number of benzene rings is 1. The van der Waals surface area contributed by atoms with Crippen molar-refractivity contribution >= 4 is 17.6 Å². The first kappa shape index (κ1) is 26.6. The van der Waals surface area contributed by atoms with Gasteiger partial charge < -0.3 is 20.5 Å². The SMILES string of the molecule is CC(O)c1ccc(Oc2ccc(CNC(=O)C3(NC(=O)C4CCCC(=O)C4)CC3)nc2)c(C(F)(F)F)c1. The third kappa shape index (κ3) is 6.46. The number of halogens is 3. The maximum atomic E-state index is 13.5. The summed E-state index contributed by atoms with van der Waals surface area (Å²) in [5.74, 6) is -1.32. The number of aromatic nitrogens is 1. The molecule has 8 nitrogen and oxygen atoms in total. The maximum absolute atomic E-state index is 13.5. The summed E-state index contributed by atoms with van der Waals surface area (Å²) in [6, 6.07) is 6.29. The first-order valence-electron chi connectivity index (χ1n) is 12.1. The molecule has 0 radical (unpaired) electrons. The van der Waals surface area contributed by atoms with Crippen molar-refractivity contribution in [1.82, 2.24) is 15.6 Å². The van der Waals surface area contributed by atoms with Gasteiger partial charge in [0.15, 0.2) is 0 Å². The number of alkyl halides is 3. The molecule has 2 aliphatic rings. The third-order valence-corrected chi connectivity index (χ3v) is 6.65. The van der Waals surface area contributed by atoms with Gasteiger partial charge in [-0.1, -0.05) is 6.07 Å². The fourth-order valence-corrected chi connectivity index (χ4v) is 4.28. The summed E-state index contributed by atoms with van der Waals surface area (Å²) in [6.07, 6.45) is -1.50. The van der Waals surface area contributed by atoms with Gasteiger partial charge in [0.05, 0.1) is 30.1 Å².